The maximum Gasteiger partial charge on any atom is 0.416 e. The number of nitrogens with zero attached hydrogens (tertiary/aromatic N) is 2. The number of rotatable bonds is 6. The van der Waals surface area contributed by atoms with E-state index in [1.54, 1.807) is 0 Å². The average molecular weight is 477 g/mol. The van der Waals surface area contributed by atoms with E-state index in [0.717, 1.165) is 37.0 Å². The number of anilines is 1. The van der Waals surface area contributed by atoms with E-state index in [4.69, 9.17) is 0 Å². The molecule has 2 aromatic rings. The Balaban J connectivity index is 1.91. The fourth-order valence-electron chi connectivity index (χ4n) is 3.79. The standard InChI is InChI=1S/C21H21F6N3O3/c22-20(23,24)15-8-14(9-16(10-15)21(25,26)27)19(32)30(11-13-4-2-1-3-5-13)12-18(31)28-17-6-7-33-29-17/h6-10,13H,1-5,11-12H2,(H,28,29,31). The van der Waals surface area contributed by atoms with Crippen LogP contribution in [0.3, 0.4) is 0 Å². The van der Waals surface area contributed by atoms with E-state index >= 15 is 0 Å². The van der Waals surface area contributed by atoms with Crippen molar-refractivity contribution in [2.45, 2.75) is 44.5 Å². The molecular weight excluding hydrogens is 456 g/mol. The lowest BCUT2D eigenvalue weighted by Crippen LogP contribution is -2.41. The van der Waals surface area contributed by atoms with Crippen LogP contribution >= 0.6 is 0 Å². The average Bonchev–Trinajstić information content (AvgIpc) is 3.25. The Morgan fingerprint density at radius 3 is 2.12 bits per heavy atom. The van der Waals surface area contributed by atoms with E-state index in [-0.39, 0.29) is 24.3 Å². The van der Waals surface area contributed by atoms with Crippen molar-refractivity contribution in [2.24, 2.45) is 5.92 Å². The number of carbonyl (C=O) groups excluding carboxylic acids is 2. The van der Waals surface area contributed by atoms with Gasteiger partial charge in [0.25, 0.3) is 5.91 Å². The van der Waals surface area contributed by atoms with Crippen LogP contribution in [-0.4, -0.2) is 35.0 Å². The van der Waals surface area contributed by atoms with Crippen LogP contribution in [0.1, 0.15) is 53.6 Å². The first-order chi connectivity index (χ1) is 15.4. The molecule has 3 rings (SSSR count). The van der Waals surface area contributed by atoms with Crippen molar-refractivity contribution < 1.29 is 40.5 Å². The molecule has 1 saturated carbocycles. The van der Waals surface area contributed by atoms with Gasteiger partial charge in [-0.1, -0.05) is 24.4 Å². The molecule has 33 heavy (non-hydrogen) atoms. The largest absolute Gasteiger partial charge is 0.416 e. The van der Waals surface area contributed by atoms with E-state index < -0.39 is 47.4 Å². The molecule has 1 fully saturated rings. The van der Waals surface area contributed by atoms with Gasteiger partial charge in [0.1, 0.15) is 12.8 Å². The van der Waals surface area contributed by atoms with Crippen LogP contribution in [0.5, 0.6) is 0 Å². The lowest BCUT2D eigenvalue weighted by atomic mass is 9.88. The van der Waals surface area contributed by atoms with Crippen molar-refractivity contribution in [3.63, 3.8) is 0 Å². The lowest BCUT2D eigenvalue weighted by molar-refractivity contribution is -0.143. The van der Waals surface area contributed by atoms with Crippen molar-refractivity contribution >= 4 is 17.6 Å². The maximum atomic E-state index is 13.2. The number of benzene rings is 1. The van der Waals surface area contributed by atoms with E-state index in [0.29, 0.717) is 12.1 Å². The Morgan fingerprint density at radius 1 is 1.00 bits per heavy atom. The molecule has 6 nitrogen and oxygen atoms in total. The SMILES string of the molecule is O=C(CN(CC1CCCCC1)C(=O)c1cc(C(F)(F)F)cc(C(F)(F)F)c1)Nc1ccon1. The van der Waals surface area contributed by atoms with Gasteiger partial charge in [-0.05, 0) is 37.0 Å². The van der Waals surface area contributed by atoms with E-state index in [2.05, 4.69) is 15.0 Å². The zero-order valence-corrected chi connectivity index (χ0v) is 17.3. The first kappa shape index (κ1) is 24.6. The lowest BCUT2D eigenvalue weighted by Gasteiger charge is -2.29. The molecular formula is C21H21F6N3O3. The highest BCUT2D eigenvalue weighted by Crippen LogP contribution is 2.36. The minimum absolute atomic E-state index is 0.0181. The van der Waals surface area contributed by atoms with E-state index in [9.17, 15) is 35.9 Å². The molecule has 1 aliphatic rings. The molecule has 2 amide bonds. The third kappa shape index (κ3) is 6.72. The number of aromatic nitrogens is 1. The molecule has 1 aromatic carbocycles. The first-order valence-corrected chi connectivity index (χ1v) is 10.2. The molecule has 1 heterocycles. The molecule has 180 valence electrons. The fraction of sp³-hybridized carbons (Fsp3) is 0.476. The van der Waals surface area contributed by atoms with Crippen molar-refractivity contribution in [1.29, 1.82) is 0 Å². The summed E-state index contributed by atoms with van der Waals surface area (Å²) in [5.74, 6) is -1.76. The Hall–Kier alpha value is -3.05. The zero-order valence-electron chi connectivity index (χ0n) is 17.3. The number of hydrogen-bond acceptors (Lipinski definition) is 4. The smallest absolute Gasteiger partial charge is 0.363 e. The topological polar surface area (TPSA) is 75.4 Å². The zero-order chi connectivity index (χ0) is 24.2. The van der Waals surface area contributed by atoms with Gasteiger partial charge in [0.05, 0.1) is 11.1 Å². The summed E-state index contributed by atoms with van der Waals surface area (Å²) in [4.78, 5) is 26.5. The maximum absolute atomic E-state index is 13.2. The molecule has 1 aromatic heterocycles. The molecule has 0 atom stereocenters. The molecule has 12 heteroatoms. The summed E-state index contributed by atoms with van der Waals surface area (Å²) in [6.45, 7) is -0.539. The predicted molar refractivity (Wildman–Crippen MR) is 104 cm³/mol. The van der Waals surface area contributed by atoms with Crippen LogP contribution in [0.15, 0.2) is 35.1 Å². The number of carbonyl (C=O) groups is 2. The second kappa shape index (κ2) is 9.84. The summed E-state index contributed by atoms with van der Waals surface area (Å²) in [6.07, 6.45) is -4.72. The molecule has 0 saturated heterocycles. The second-order valence-corrected chi connectivity index (χ2v) is 7.92. The van der Waals surface area contributed by atoms with Crippen molar-refractivity contribution in [3.8, 4) is 0 Å². The van der Waals surface area contributed by atoms with Gasteiger partial charge >= 0.3 is 12.4 Å². The highest BCUT2D eigenvalue weighted by Gasteiger charge is 2.38. The molecule has 0 radical (unpaired) electrons. The van der Waals surface area contributed by atoms with Gasteiger partial charge in [-0.3, -0.25) is 9.59 Å². The minimum atomic E-state index is -5.09. The van der Waals surface area contributed by atoms with Gasteiger partial charge in [0.2, 0.25) is 5.91 Å². The van der Waals surface area contributed by atoms with E-state index in [1.165, 1.54) is 12.3 Å². The van der Waals surface area contributed by atoms with Crippen LogP contribution in [0.4, 0.5) is 32.2 Å². The summed E-state index contributed by atoms with van der Waals surface area (Å²) in [7, 11) is 0. The summed E-state index contributed by atoms with van der Waals surface area (Å²) in [5.41, 5.74) is -3.97. The number of halogens is 6. The predicted octanol–water partition coefficient (Wildman–Crippen LogP) is 5.37. The van der Waals surface area contributed by atoms with Crippen molar-refractivity contribution in [2.75, 3.05) is 18.4 Å². The summed E-state index contributed by atoms with van der Waals surface area (Å²) >= 11 is 0. The van der Waals surface area contributed by atoms with Crippen LogP contribution < -0.4 is 5.32 Å². The Bertz CT molecular complexity index is 934. The Labute approximate surface area is 184 Å². The monoisotopic (exact) mass is 477 g/mol. The van der Waals surface area contributed by atoms with Crippen LogP contribution in [0.2, 0.25) is 0 Å². The normalized spacial score (nSPS) is 15.3. The fourth-order valence-corrected chi connectivity index (χ4v) is 3.79. The molecule has 0 unspecified atom stereocenters. The number of amides is 2. The summed E-state index contributed by atoms with van der Waals surface area (Å²) < 4.78 is 83.9. The molecule has 0 bridgehead atoms. The van der Waals surface area contributed by atoms with Gasteiger partial charge in [-0.2, -0.15) is 26.3 Å². The van der Waals surface area contributed by atoms with Gasteiger partial charge in [0.15, 0.2) is 5.82 Å². The third-order valence-electron chi connectivity index (χ3n) is 5.36. The van der Waals surface area contributed by atoms with Crippen LogP contribution in [-0.2, 0) is 17.1 Å². The third-order valence-corrected chi connectivity index (χ3v) is 5.36. The van der Waals surface area contributed by atoms with Gasteiger partial charge in [-0.15, -0.1) is 0 Å². The number of alkyl halides is 6. The van der Waals surface area contributed by atoms with Gasteiger partial charge in [0, 0.05) is 18.2 Å². The highest BCUT2D eigenvalue weighted by molar-refractivity contribution is 5.99. The minimum Gasteiger partial charge on any atom is -0.363 e. The number of nitrogens with one attached hydrogen (secondary N) is 1. The molecule has 1 aliphatic carbocycles. The number of hydrogen-bond donors (Lipinski definition) is 1. The van der Waals surface area contributed by atoms with Crippen LogP contribution in [0, 0.1) is 5.92 Å². The quantitative estimate of drug-likeness (QED) is 0.568. The first-order valence-electron chi connectivity index (χ1n) is 10.2. The van der Waals surface area contributed by atoms with Crippen molar-refractivity contribution in [1.82, 2.24) is 10.1 Å². The second-order valence-electron chi connectivity index (χ2n) is 7.92. The molecule has 1 N–H and O–H groups in total. The molecule has 0 spiro atoms. The van der Waals surface area contributed by atoms with Gasteiger partial charge < -0.3 is 14.7 Å². The summed E-state index contributed by atoms with van der Waals surface area (Å²) in [6, 6.07) is 2.05. The molecule has 0 aliphatic heterocycles. The van der Waals surface area contributed by atoms with Crippen molar-refractivity contribution in [3.05, 3.63) is 47.2 Å². The summed E-state index contributed by atoms with van der Waals surface area (Å²) in [5, 5.41) is 5.87. The Morgan fingerprint density at radius 2 is 1.61 bits per heavy atom. The Kier molecular flexibility index (Phi) is 7.33. The highest BCUT2D eigenvalue weighted by atomic mass is 19.4. The van der Waals surface area contributed by atoms with Gasteiger partial charge in [-0.25, -0.2) is 0 Å². The van der Waals surface area contributed by atoms with E-state index in [1.807, 2.05) is 0 Å². The van der Waals surface area contributed by atoms with Crippen LogP contribution in [0.25, 0.3) is 0 Å².